The topological polar surface area (TPSA) is 87.7 Å². The highest BCUT2D eigenvalue weighted by Gasteiger charge is 2.42. The second-order valence-electron chi connectivity index (χ2n) is 11.3. The fourth-order valence-corrected chi connectivity index (χ4v) is 4.60. The second kappa shape index (κ2) is 12.5. The van der Waals surface area contributed by atoms with Crippen LogP contribution in [0.25, 0.3) is 0 Å². The number of thiol groups is 1. The molecule has 2 N–H and O–H groups in total. The quantitative estimate of drug-likeness (QED) is 0.366. The molecule has 1 fully saturated rings. The molecule has 1 saturated carbocycles. The molecule has 0 spiro atoms. The van der Waals surface area contributed by atoms with Crippen molar-refractivity contribution >= 4 is 30.5 Å². The lowest BCUT2D eigenvalue weighted by Crippen LogP contribution is -2.59. The number of rotatable bonds is 7. The Morgan fingerprint density at radius 1 is 1.08 bits per heavy atom. The molecule has 2 atom stereocenters. The lowest BCUT2D eigenvalue weighted by molar-refractivity contribution is -0.148. The highest BCUT2D eigenvalue weighted by Crippen LogP contribution is 2.31. The minimum Gasteiger partial charge on any atom is -0.444 e. The van der Waals surface area contributed by atoms with Crippen LogP contribution in [0.1, 0.15) is 90.8 Å². The Kier molecular flexibility index (Phi) is 10.3. The number of terminal acetylenes is 1. The number of hydrogen-bond acceptors (Lipinski definition) is 5. The van der Waals surface area contributed by atoms with Crippen LogP contribution in [0.3, 0.4) is 0 Å². The molecule has 1 aliphatic rings. The third kappa shape index (κ3) is 8.48. The van der Waals surface area contributed by atoms with Gasteiger partial charge < -0.3 is 20.3 Å². The molecule has 198 valence electrons. The Bertz CT molecular complexity index is 951. The van der Waals surface area contributed by atoms with E-state index in [4.69, 9.17) is 11.2 Å². The molecule has 0 aliphatic heterocycles. The van der Waals surface area contributed by atoms with E-state index in [0.29, 0.717) is 11.1 Å². The molecule has 0 bridgehead atoms. The van der Waals surface area contributed by atoms with Gasteiger partial charge in [0.15, 0.2) is 0 Å². The molecule has 0 saturated heterocycles. The number of alkyl carbamates (subject to hydrolysis) is 1. The molecule has 0 radical (unpaired) electrons. The van der Waals surface area contributed by atoms with Crippen LogP contribution < -0.4 is 10.6 Å². The Balaban J connectivity index is 2.46. The first-order chi connectivity index (χ1) is 16.8. The van der Waals surface area contributed by atoms with Gasteiger partial charge in [-0.1, -0.05) is 37.3 Å². The van der Waals surface area contributed by atoms with E-state index in [0.717, 1.165) is 32.1 Å². The number of benzene rings is 1. The summed E-state index contributed by atoms with van der Waals surface area (Å²) in [5.41, 5.74) is -0.161. The molecule has 2 rings (SSSR count). The molecule has 0 heterocycles. The Hall–Kier alpha value is -2.66. The van der Waals surface area contributed by atoms with Gasteiger partial charge in [-0.2, -0.15) is 12.6 Å². The zero-order valence-electron chi connectivity index (χ0n) is 22.4. The van der Waals surface area contributed by atoms with E-state index >= 15 is 0 Å². The maximum Gasteiger partial charge on any atom is 0.408 e. The van der Waals surface area contributed by atoms with Crippen molar-refractivity contribution in [2.24, 2.45) is 0 Å². The first-order valence-corrected chi connectivity index (χ1v) is 13.2. The second-order valence-corrected chi connectivity index (χ2v) is 11.6. The molecule has 36 heavy (non-hydrogen) atoms. The molecule has 1 aliphatic carbocycles. The lowest BCUT2D eigenvalue weighted by Gasteiger charge is -2.43. The molecule has 2 unspecified atom stereocenters. The van der Waals surface area contributed by atoms with Crippen LogP contribution in [0.15, 0.2) is 24.3 Å². The van der Waals surface area contributed by atoms with Crippen LogP contribution in [-0.2, 0) is 14.3 Å². The summed E-state index contributed by atoms with van der Waals surface area (Å²) in [6, 6.07) is 5.24. The van der Waals surface area contributed by atoms with Gasteiger partial charge in [-0.15, -0.1) is 6.42 Å². The summed E-state index contributed by atoms with van der Waals surface area (Å²) >= 11 is 4.33. The number of amides is 3. The van der Waals surface area contributed by atoms with Gasteiger partial charge in [-0.25, -0.2) is 4.79 Å². The zero-order valence-corrected chi connectivity index (χ0v) is 23.3. The SMILES string of the molecule is C#Cc1ccc(C(C(=O)NC2CCCCC2)N(C(=O)C(CS)NC(=O)OC(C)(C)C)C(C)(C)C)cc1. The standard InChI is InChI=1S/C28H41N3O4S/c1-8-19-14-16-20(17-15-19)23(24(32)29-21-12-10-9-11-13-21)31(27(2,3)4)25(33)22(18-36)30-26(34)35-28(5,6)7/h1,14-17,21-23,36H,9-13,18H2,2-7H3,(H,29,32)(H,30,34). The van der Waals surface area contributed by atoms with E-state index in [2.05, 4.69) is 29.2 Å². The summed E-state index contributed by atoms with van der Waals surface area (Å²) in [5, 5.41) is 5.81. The fraction of sp³-hybridized carbons (Fsp3) is 0.607. The Labute approximate surface area is 221 Å². The summed E-state index contributed by atoms with van der Waals surface area (Å²) in [7, 11) is 0. The van der Waals surface area contributed by atoms with Crippen molar-refractivity contribution in [3.8, 4) is 12.3 Å². The van der Waals surface area contributed by atoms with Gasteiger partial charge in [-0.05, 0) is 72.1 Å². The zero-order chi connectivity index (χ0) is 27.1. The van der Waals surface area contributed by atoms with Crippen LogP contribution in [0.4, 0.5) is 4.79 Å². The van der Waals surface area contributed by atoms with Gasteiger partial charge in [0, 0.05) is 22.9 Å². The summed E-state index contributed by atoms with van der Waals surface area (Å²) in [5.74, 6) is 1.95. The van der Waals surface area contributed by atoms with E-state index < -0.39 is 35.2 Å². The number of carbonyl (C=O) groups is 3. The maximum atomic E-state index is 14.0. The van der Waals surface area contributed by atoms with Crippen LogP contribution in [0, 0.1) is 12.3 Å². The number of carbonyl (C=O) groups excluding carboxylic acids is 3. The van der Waals surface area contributed by atoms with Crippen molar-refractivity contribution in [1.29, 1.82) is 0 Å². The van der Waals surface area contributed by atoms with Crippen molar-refractivity contribution in [3.63, 3.8) is 0 Å². The van der Waals surface area contributed by atoms with Crippen LogP contribution in [0.5, 0.6) is 0 Å². The number of nitrogens with zero attached hydrogens (tertiary/aromatic N) is 1. The van der Waals surface area contributed by atoms with Gasteiger partial charge in [-0.3, -0.25) is 9.59 Å². The van der Waals surface area contributed by atoms with Crippen LogP contribution in [0.2, 0.25) is 0 Å². The average Bonchev–Trinajstić information content (AvgIpc) is 2.79. The number of hydrogen-bond donors (Lipinski definition) is 3. The van der Waals surface area contributed by atoms with E-state index in [1.165, 1.54) is 4.90 Å². The summed E-state index contributed by atoms with van der Waals surface area (Å²) in [6.45, 7) is 10.8. The molecule has 1 aromatic carbocycles. The van der Waals surface area contributed by atoms with E-state index in [-0.39, 0.29) is 17.7 Å². The van der Waals surface area contributed by atoms with Crippen molar-refractivity contribution < 1.29 is 19.1 Å². The Morgan fingerprint density at radius 3 is 2.14 bits per heavy atom. The van der Waals surface area contributed by atoms with E-state index in [1.807, 2.05) is 20.8 Å². The van der Waals surface area contributed by atoms with Gasteiger partial charge in [0.1, 0.15) is 17.7 Å². The molecular formula is C28H41N3O4S. The highest BCUT2D eigenvalue weighted by atomic mass is 32.1. The summed E-state index contributed by atoms with van der Waals surface area (Å²) < 4.78 is 5.35. The third-order valence-electron chi connectivity index (χ3n) is 5.98. The van der Waals surface area contributed by atoms with Crippen LogP contribution >= 0.6 is 12.6 Å². The lowest BCUT2D eigenvalue weighted by atomic mass is 9.92. The molecule has 8 heteroatoms. The minimum atomic E-state index is -0.989. The first kappa shape index (κ1) is 29.6. The smallest absolute Gasteiger partial charge is 0.408 e. The predicted octanol–water partition coefficient (Wildman–Crippen LogP) is 4.61. The first-order valence-electron chi connectivity index (χ1n) is 12.6. The average molecular weight is 516 g/mol. The molecule has 7 nitrogen and oxygen atoms in total. The Morgan fingerprint density at radius 2 is 1.67 bits per heavy atom. The third-order valence-corrected chi connectivity index (χ3v) is 6.35. The minimum absolute atomic E-state index is 0.0393. The van der Waals surface area contributed by atoms with Crippen molar-refractivity contribution in [2.75, 3.05) is 5.75 Å². The van der Waals surface area contributed by atoms with Gasteiger partial charge in [0.25, 0.3) is 0 Å². The van der Waals surface area contributed by atoms with Crippen molar-refractivity contribution in [3.05, 3.63) is 35.4 Å². The number of ether oxygens (including phenoxy) is 1. The van der Waals surface area contributed by atoms with Gasteiger partial charge >= 0.3 is 6.09 Å². The highest BCUT2D eigenvalue weighted by molar-refractivity contribution is 7.80. The van der Waals surface area contributed by atoms with Crippen molar-refractivity contribution in [2.45, 2.75) is 103 Å². The molecule has 3 amide bonds. The van der Waals surface area contributed by atoms with E-state index in [1.54, 1.807) is 45.0 Å². The van der Waals surface area contributed by atoms with Gasteiger partial charge in [0.05, 0.1) is 0 Å². The van der Waals surface area contributed by atoms with Crippen molar-refractivity contribution in [1.82, 2.24) is 15.5 Å². The number of nitrogens with one attached hydrogen (secondary N) is 2. The predicted molar refractivity (Wildman–Crippen MR) is 146 cm³/mol. The fourth-order valence-electron chi connectivity index (χ4n) is 4.35. The monoisotopic (exact) mass is 515 g/mol. The largest absolute Gasteiger partial charge is 0.444 e. The van der Waals surface area contributed by atoms with Gasteiger partial charge in [0.2, 0.25) is 11.8 Å². The van der Waals surface area contributed by atoms with E-state index in [9.17, 15) is 14.4 Å². The molecule has 0 aromatic heterocycles. The normalized spacial score (nSPS) is 16.3. The van der Waals surface area contributed by atoms with Crippen LogP contribution in [-0.4, -0.2) is 51.8 Å². The summed E-state index contributed by atoms with van der Waals surface area (Å²) in [6.07, 6.45) is 9.93. The maximum absolute atomic E-state index is 14.0. The summed E-state index contributed by atoms with van der Waals surface area (Å²) in [4.78, 5) is 41.8. The molecule has 1 aromatic rings. The molecular weight excluding hydrogens is 474 g/mol.